The molecule has 10 heteroatoms. The third-order valence-corrected chi connectivity index (χ3v) is 7.69. The second kappa shape index (κ2) is 9.04. The zero-order chi connectivity index (χ0) is 22.8. The number of sulfone groups is 1. The van der Waals surface area contributed by atoms with Crippen molar-refractivity contribution in [3.05, 3.63) is 75.5 Å². The van der Waals surface area contributed by atoms with Gasteiger partial charge in [-0.15, -0.1) is 0 Å². The molecule has 4 N–H and O–H groups in total. The standard InChI is InChI=1S/C21H20BrN3O5S/c1-12-19(23)18(22)16(10-13-4-3-9-24-11-13)17(21(26)25-27)20(12)31(28,29)15-7-5-14(30-2)6-8-15/h3-9,11,27H,10,23H2,1-2H3,(H,25,26). The second-order valence-corrected chi connectivity index (χ2v) is 9.37. The van der Waals surface area contributed by atoms with Crippen LogP contribution in [0, 0.1) is 6.92 Å². The van der Waals surface area contributed by atoms with Crippen molar-refractivity contribution in [2.24, 2.45) is 0 Å². The van der Waals surface area contributed by atoms with Crippen LogP contribution in [0.1, 0.15) is 27.0 Å². The van der Waals surface area contributed by atoms with E-state index in [0.717, 1.165) is 5.56 Å². The Morgan fingerprint density at radius 2 is 1.94 bits per heavy atom. The molecule has 0 unspecified atom stereocenters. The first kappa shape index (κ1) is 22.7. The monoisotopic (exact) mass is 505 g/mol. The average molecular weight is 506 g/mol. The SMILES string of the molecule is COc1ccc(S(=O)(=O)c2c(C)c(N)c(Br)c(Cc3cccnc3)c2C(=O)NO)cc1. The number of carbonyl (C=O) groups excluding carboxylic acids is 1. The summed E-state index contributed by atoms with van der Waals surface area (Å²) in [6.45, 7) is 1.51. The summed E-state index contributed by atoms with van der Waals surface area (Å²) in [7, 11) is -2.71. The van der Waals surface area contributed by atoms with Crippen molar-refractivity contribution < 1.29 is 23.2 Å². The van der Waals surface area contributed by atoms with Crippen LogP contribution >= 0.6 is 15.9 Å². The molecule has 1 amide bonds. The first-order valence-corrected chi connectivity index (χ1v) is 11.3. The predicted octanol–water partition coefficient (Wildman–Crippen LogP) is 3.29. The lowest BCUT2D eigenvalue weighted by atomic mass is 9.96. The van der Waals surface area contributed by atoms with E-state index in [4.69, 9.17) is 10.5 Å². The Hall–Kier alpha value is -2.95. The summed E-state index contributed by atoms with van der Waals surface area (Å²) in [4.78, 5) is 16.5. The summed E-state index contributed by atoms with van der Waals surface area (Å²) in [6, 6.07) is 9.29. The van der Waals surface area contributed by atoms with Gasteiger partial charge in [0, 0.05) is 23.3 Å². The molecule has 8 nitrogen and oxygen atoms in total. The summed E-state index contributed by atoms with van der Waals surface area (Å²) in [5.74, 6) is -0.480. The van der Waals surface area contributed by atoms with Crippen LogP contribution < -0.4 is 16.0 Å². The van der Waals surface area contributed by atoms with Crippen LogP contribution in [0.5, 0.6) is 5.75 Å². The lowest BCUT2D eigenvalue weighted by Gasteiger charge is -2.20. The number of nitrogens with one attached hydrogen (secondary N) is 1. The van der Waals surface area contributed by atoms with Gasteiger partial charge in [0.2, 0.25) is 9.84 Å². The quantitative estimate of drug-likeness (QED) is 0.266. The molecule has 0 aliphatic heterocycles. The molecule has 0 saturated carbocycles. The number of pyridine rings is 1. The van der Waals surface area contributed by atoms with Gasteiger partial charge in [0.15, 0.2) is 0 Å². The van der Waals surface area contributed by atoms with E-state index >= 15 is 0 Å². The molecule has 0 bridgehead atoms. The van der Waals surface area contributed by atoms with Gasteiger partial charge in [-0.05, 0) is 69.9 Å². The maximum Gasteiger partial charge on any atom is 0.276 e. The fourth-order valence-electron chi connectivity index (χ4n) is 3.26. The van der Waals surface area contributed by atoms with Gasteiger partial charge in [-0.1, -0.05) is 6.07 Å². The van der Waals surface area contributed by atoms with Crippen molar-refractivity contribution in [3.8, 4) is 5.75 Å². The minimum Gasteiger partial charge on any atom is -0.497 e. The molecule has 162 valence electrons. The highest BCUT2D eigenvalue weighted by Gasteiger charge is 2.32. The van der Waals surface area contributed by atoms with Crippen LogP contribution in [0.3, 0.4) is 0 Å². The van der Waals surface area contributed by atoms with E-state index < -0.39 is 15.7 Å². The number of nitrogen functional groups attached to an aromatic ring is 1. The lowest BCUT2D eigenvalue weighted by Crippen LogP contribution is -2.25. The summed E-state index contributed by atoms with van der Waals surface area (Å²) in [6.07, 6.45) is 3.36. The van der Waals surface area contributed by atoms with Crippen molar-refractivity contribution in [2.45, 2.75) is 23.1 Å². The number of hydrogen-bond acceptors (Lipinski definition) is 7. The van der Waals surface area contributed by atoms with Crippen LogP contribution in [0.25, 0.3) is 0 Å². The summed E-state index contributed by atoms with van der Waals surface area (Å²) >= 11 is 3.39. The molecule has 0 aliphatic rings. The smallest absolute Gasteiger partial charge is 0.276 e. The van der Waals surface area contributed by atoms with Crippen LogP contribution in [-0.2, 0) is 16.3 Å². The molecule has 0 atom stereocenters. The molecule has 31 heavy (non-hydrogen) atoms. The number of benzene rings is 2. The molecule has 2 aromatic carbocycles. The van der Waals surface area contributed by atoms with Crippen molar-refractivity contribution in [2.75, 3.05) is 12.8 Å². The normalized spacial score (nSPS) is 11.2. The lowest BCUT2D eigenvalue weighted by molar-refractivity contribution is 0.0701. The number of amides is 1. The average Bonchev–Trinajstić information content (AvgIpc) is 2.79. The number of carbonyl (C=O) groups is 1. The minimum absolute atomic E-state index is 0.0440. The van der Waals surface area contributed by atoms with E-state index in [1.165, 1.54) is 38.3 Å². The molecule has 1 heterocycles. The number of anilines is 1. The second-order valence-electron chi connectivity index (χ2n) is 6.69. The minimum atomic E-state index is -4.18. The highest BCUT2D eigenvalue weighted by atomic mass is 79.9. The molecule has 0 fully saturated rings. The maximum absolute atomic E-state index is 13.6. The predicted molar refractivity (Wildman–Crippen MR) is 118 cm³/mol. The van der Waals surface area contributed by atoms with E-state index in [1.807, 2.05) is 0 Å². The van der Waals surface area contributed by atoms with Gasteiger partial charge in [-0.25, -0.2) is 13.9 Å². The van der Waals surface area contributed by atoms with Gasteiger partial charge in [0.05, 0.1) is 28.2 Å². The maximum atomic E-state index is 13.6. The van der Waals surface area contributed by atoms with Crippen molar-refractivity contribution >= 4 is 37.4 Å². The number of aromatic nitrogens is 1. The van der Waals surface area contributed by atoms with E-state index in [-0.39, 0.29) is 33.0 Å². The molecule has 0 aliphatic carbocycles. The number of methoxy groups -OCH3 is 1. The molecule has 1 aromatic heterocycles. The summed E-state index contributed by atoms with van der Waals surface area (Å²) in [5.41, 5.74) is 9.01. The number of hydrogen-bond donors (Lipinski definition) is 3. The van der Waals surface area contributed by atoms with E-state index in [9.17, 15) is 18.4 Å². The number of hydroxylamine groups is 1. The first-order valence-electron chi connectivity index (χ1n) is 9.05. The van der Waals surface area contributed by atoms with Gasteiger partial charge < -0.3 is 10.5 Å². The Kier molecular flexibility index (Phi) is 6.63. The largest absolute Gasteiger partial charge is 0.497 e. The van der Waals surface area contributed by atoms with Crippen LogP contribution in [0.15, 0.2) is 63.1 Å². The Labute approximate surface area is 188 Å². The molecular formula is C21H20BrN3O5S. The molecular weight excluding hydrogens is 486 g/mol. The molecule has 3 rings (SSSR count). The molecule has 0 saturated heterocycles. The van der Waals surface area contributed by atoms with Crippen molar-refractivity contribution in [1.29, 1.82) is 0 Å². The van der Waals surface area contributed by atoms with Gasteiger partial charge in [-0.2, -0.15) is 0 Å². The third-order valence-electron chi connectivity index (χ3n) is 4.85. The number of ether oxygens (including phenoxy) is 1. The summed E-state index contributed by atoms with van der Waals surface area (Å²) < 4.78 is 32.6. The number of nitrogens with zero attached hydrogens (tertiary/aromatic N) is 1. The Bertz CT molecular complexity index is 1230. The van der Waals surface area contributed by atoms with E-state index in [1.54, 1.807) is 30.0 Å². The van der Waals surface area contributed by atoms with Gasteiger partial charge in [0.1, 0.15) is 5.75 Å². The topological polar surface area (TPSA) is 132 Å². The fourth-order valence-corrected chi connectivity index (χ4v) is 5.62. The Balaban J connectivity index is 2.34. The molecule has 3 aromatic rings. The fraction of sp³-hybridized carbons (Fsp3) is 0.143. The zero-order valence-electron chi connectivity index (χ0n) is 16.7. The number of rotatable bonds is 6. The first-order chi connectivity index (χ1) is 14.7. The van der Waals surface area contributed by atoms with Gasteiger partial charge in [0.25, 0.3) is 5.91 Å². The Morgan fingerprint density at radius 1 is 1.26 bits per heavy atom. The highest BCUT2D eigenvalue weighted by Crippen LogP contribution is 2.40. The zero-order valence-corrected chi connectivity index (χ0v) is 19.1. The van der Waals surface area contributed by atoms with E-state index in [0.29, 0.717) is 15.8 Å². The Morgan fingerprint density at radius 3 is 2.48 bits per heavy atom. The third kappa shape index (κ3) is 4.27. The highest BCUT2D eigenvalue weighted by molar-refractivity contribution is 9.10. The van der Waals surface area contributed by atoms with Crippen LogP contribution in [-0.4, -0.2) is 31.6 Å². The molecule has 0 radical (unpaired) electrons. The summed E-state index contributed by atoms with van der Waals surface area (Å²) in [5, 5.41) is 9.39. The van der Waals surface area contributed by atoms with Crippen molar-refractivity contribution in [3.63, 3.8) is 0 Å². The van der Waals surface area contributed by atoms with Crippen molar-refractivity contribution in [1.82, 2.24) is 10.5 Å². The number of nitrogens with two attached hydrogens (primary N) is 1. The van der Waals surface area contributed by atoms with E-state index in [2.05, 4.69) is 20.9 Å². The van der Waals surface area contributed by atoms with Crippen LogP contribution in [0.4, 0.5) is 5.69 Å². The van der Waals surface area contributed by atoms with Crippen LogP contribution in [0.2, 0.25) is 0 Å². The molecule has 0 spiro atoms. The van der Waals surface area contributed by atoms with Gasteiger partial charge in [-0.3, -0.25) is 15.0 Å². The number of halogens is 1. The van der Waals surface area contributed by atoms with Gasteiger partial charge >= 0.3 is 0 Å².